The minimum atomic E-state index is -0.533. The molecule has 0 saturated carbocycles. The molecule has 0 saturated heterocycles. The van der Waals surface area contributed by atoms with Gasteiger partial charge in [0.25, 0.3) is 0 Å². The van der Waals surface area contributed by atoms with Crippen molar-refractivity contribution < 1.29 is 4.42 Å². The molecule has 2 aliphatic carbocycles. The van der Waals surface area contributed by atoms with Crippen molar-refractivity contribution in [1.29, 1.82) is 0 Å². The van der Waals surface area contributed by atoms with Gasteiger partial charge >= 0.3 is 0 Å². The summed E-state index contributed by atoms with van der Waals surface area (Å²) in [7, 11) is 0. The number of hydrogen-bond acceptors (Lipinski definition) is 2. The van der Waals surface area contributed by atoms with Crippen LogP contribution in [0.5, 0.6) is 0 Å². The van der Waals surface area contributed by atoms with Crippen LogP contribution in [0, 0.1) is 0 Å². The number of para-hydroxylation sites is 1. The van der Waals surface area contributed by atoms with Gasteiger partial charge < -0.3 is 9.32 Å². The summed E-state index contributed by atoms with van der Waals surface area (Å²) in [6, 6.07) is 83.0. The molecule has 0 atom stereocenters. The number of nitrogens with zero attached hydrogens (tertiary/aromatic N) is 1. The third-order valence-electron chi connectivity index (χ3n) is 14.3. The Morgan fingerprint density at radius 3 is 1.58 bits per heavy atom. The van der Waals surface area contributed by atoms with Crippen molar-refractivity contribution in [2.24, 2.45) is 0 Å². The first-order chi connectivity index (χ1) is 31.5. The van der Waals surface area contributed by atoms with Gasteiger partial charge in [-0.1, -0.05) is 184 Å². The molecule has 0 radical (unpaired) electrons. The van der Waals surface area contributed by atoms with Crippen molar-refractivity contribution in [2.75, 3.05) is 4.90 Å². The Morgan fingerprint density at radius 1 is 0.359 bits per heavy atom. The van der Waals surface area contributed by atoms with Gasteiger partial charge in [-0.15, -0.1) is 0 Å². The van der Waals surface area contributed by atoms with Crippen molar-refractivity contribution in [2.45, 2.75) is 24.7 Å². The van der Waals surface area contributed by atoms with Gasteiger partial charge in [0, 0.05) is 33.1 Å². The first kappa shape index (κ1) is 36.7. The smallest absolute Gasteiger partial charge is 0.136 e. The van der Waals surface area contributed by atoms with E-state index in [0.29, 0.717) is 0 Å². The lowest BCUT2D eigenvalue weighted by molar-refractivity contribution is 0.660. The molecule has 2 nitrogen and oxygen atoms in total. The Balaban J connectivity index is 1.07. The van der Waals surface area contributed by atoms with E-state index in [0.717, 1.165) is 50.1 Å². The predicted molar refractivity (Wildman–Crippen MR) is 266 cm³/mol. The lowest BCUT2D eigenvalue weighted by Gasteiger charge is -2.35. The third kappa shape index (κ3) is 5.20. The lowest BCUT2D eigenvalue weighted by Crippen LogP contribution is -2.28. The van der Waals surface area contributed by atoms with Crippen LogP contribution >= 0.6 is 0 Å². The molecule has 0 amide bonds. The normalized spacial score (nSPS) is 14.0. The molecule has 11 aromatic rings. The molecule has 302 valence electrons. The summed E-state index contributed by atoms with van der Waals surface area (Å²) < 4.78 is 6.51. The molecule has 0 aliphatic heterocycles. The Morgan fingerprint density at radius 2 is 0.875 bits per heavy atom. The van der Waals surface area contributed by atoms with Gasteiger partial charge in [-0.3, -0.25) is 0 Å². The average molecular weight is 818 g/mol. The number of fused-ring (bicyclic) bond motifs is 10. The van der Waals surface area contributed by atoms with Crippen LogP contribution in [0.3, 0.4) is 0 Å². The van der Waals surface area contributed by atoms with Crippen LogP contribution in [0.2, 0.25) is 0 Å². The molecule has 1 aromatic heterocycles. The number of rotatable bonds is 6. The van der Waals surface area contributed by atoms with Gasteiger partial charge in [0.05, 0.1) is 11.1 Å². The molecule has 1 heterocycles. The summed E-state index contributed by atoms with van der Waals surface area (Å²) in [5.74, 6) is 0. The fourth-order valence-corrected chi connectivity index (χ4v) is 11.4. The maximum atomic E-state index is 6.51. The van der Waals surface area contributed by atoms with Crippen LogP contribution in [0.4, 0.5) is 17.1 Å². The second-order valence-corrected chi connectivity index (χ2v) is 18.0. The van der Waals surface area contributed by atoms with Gasteiger partial charge in [-0.25, -0.2) is 0 Å². The summed E-state index contributed by atoms with van der Waals surface area (Å²) >= 11 is 0. The molecule has 2 aliphatic rings. The quantitative estimate of drug-likeness (QED) is 0.166. The molecule has 0 unspecified atom stereocenters. The molecule has 13 rings (SSSR count). The fraction of sp³-hybridized carbons (Fsp3) is 0.0645. The van der Waals surface area contributed by atoms with Crippen LogP contribution in [0.25, 0.3) is 66.1 Å². The lowest BCUT2D eigenvalue weighted by atomic mass is 9.67. The van der Waals surface area contributed by atoms with E-state index in [4.69, 9.17) is 4.42 Å². The van der Waals surface area contributed by atoms with Crippen LogP contribution in [0.15, 0.2) is 229 Å². The summed E-state index contributed by atoms with van der Waals surface area (Å²) in [4.78, 5) is 2.50. The maximum absolute atomic E-state index is 6.51. The summed E-state index contributed by atoms with van der Waals surface area (Å²) in [5.41, 5.74) is 19.6. The number of benzene rings is 10. The summed E-state index contributed by atoms with van der Waals surface area (Å²) in [6.45, 7) is 4.74. The van der Waals surface area contributed by atoms with E-state index in [1.54, 1.807) is 0 Å². The summed E-state index contributed by atoms with van der Waals surface area (Å²) in [6.07, 6.45) is 0. The van der Waals surface area contributed by atoms with Crippen molar-refractivity contribution in [3.8, 4) is 33.4 Å². The highest BCUT2D eigenvalue weighted by Gasteiger charge is 2.46. The zero-order chi connectivity index (χ0) is 42.6. The zero-order valence-electron chi connectivity index (χ0n) is 35.7. The van der Waals surface area contributed by atoms with Gasteiger partial charge in [-0.2, -0.15) is 0 Å². The first-order valence-corrected chi connectivity index (χ1v) is 22.3. The molecule has 2 heteroatoms. The van der Waals surface area contributed by atoms with Crippen LogP contribution in [-0.2, 0) is 10.8 Å². The monoisotopic (exact) mass is 817 g/mol. The third-order valence-corrected chi connectivity index (χ3v) is 14.3. The Bertz CT molecular complexity index is 3610. The predicted octanol–water partition coefficient (Wildman–Crippen LogP) is 16.5. The Labute approximate surface area is 373 Å². The molecule has 0 fully saturated rings. The molecule has 64 heavy (non-hydrogen) atoms. The minimum absolute atomic E-state index is 0.167. The Hall–Kier alpha value is -7.94. The second kappa shape index (κ2) is 13.8. The van der Waals surface area contributed by atoms with Gasteiger partial charge in [0.2, 0.25) is 0 Å². The minimum Gasteiger partial charge on any atom is -0.456 e. The van der Waals surface area contributed by atoms with E-state index in [1.807, 2.05) is 0 Å². The molecule has 10 aromatic carbocycles. The van der Waals surface area contributed by atoms with Crippen molar-refractivity contribution in [3.05, 3.63) is 258 Å². The standard InChI is InChI=1S/C62H43NO/c1-61(2)54-26-14-11-24-48(54)50-32-30-45(38-56(50)61)63(58-28-16-13-23-47(58)42-29-34-59-52(36-42)53-35-40-17-9-10-18-41(40)37-60(53)64-59)46-31-33-51-49-25-12-15-27-55(49)62(57(51)39-46,43-19-5-3-6-20-43)44-21-7-4-8-22-44/h3-39H,1-2H3. The SMILES string of the molecule is CC1(C)c2ccccc2-c2ccc(N(c3ccc4c(c3)C(c3ccccc3)(c3ccccc3)c3ccccc3-4)c3ccccc3-c3ccc4oc5cc6ccccc6cc5c4c3)cc21. The fourth-order valence-electron chi connectivity index (χ4n) is 11.4. The van der Waals surface area contributed by atoms with E-state index in [1.165, 1.54) is 66.4 Å². The topological polar surface area (TPSA) is 16.4 Å². The average Bonchev–Trinajstić information content (AvgIpc) is 3.94. The molecule has 0 bridgehead atoms. The highest BCUT2D eigenvalue weighted by Crippen LogP contribution is 2.58. The number of hydrogen-bond donors (Lipinski definition) is 0. The van der Waals surface area contributed by atoms with E-state index < -0.39 is 5.41 Å². The molecular formula is C62H43NO. The van der Waals surface area contributed by atoms with Gasteiger partial charge in [0.15, 0.2) is 0 Å². The van der Waals surface area contributed by atoms with Crippen LogP contribution in [-0.4, -0.2) is 0 Å². The van der Waals surface area contributed by atoms with Crippen LogP contribution < -0.4 is 4.90 Å². The number of furan rings is 1. The highest BCUT2D eigenvalue weighted by molar-refractivity contribution is 6.11. The first-order valence-electron chi connectivity index (χ1n) is 22.3. The zero-order valence-corrected chi connectivity index (χ0v) is 35.7. The van der Waals surface area contributed by atoms with Crippen molar-refractivity contribution >= 4 is 49.8 Å². The van der Waals surface area contributed by atoms with E-state index >= 15 is 0 Å². The van der Waals surface area contributed by atoms with E-state index in [-0.39, 0.29) is 5.41 Å². The molecule has 0 N–H and O–H groups in total. The van der Waals surface area contributed by atoms with E-state index in [9.17, 15) is 0 Å². The second-order valence-electron chi connectivity index (χ2n) is 18.0. The largest absolute Gasteiger partial charge is 0.456 e. The van der Waals surface area contributed by atoms with Gasteiger partial charge in [-0.05, 0) is 127 Å². The van der Waals surface area contributed by atoms with Crippen molar-refractivity contribution in [3.63, 3.8) is 0 Å². The maximum Gasteiger partial charge on any atom is 0.136 e. The highest BCUT2D eigenvalue weighted by atomic mass is 16.3. The summed E-state index contributed by atoms with van der Waals surface area (Å²) in [5, 5.41) is 4.62. The van der Waals surface area contributed by atoms with Gasteiger partial charge in [0.1, 0.15) is 11.2 Å². The van der Waals surface area contributed by atoms with E-state index in [2.05, 4.69) is 243 Å². The van der Waals surface area contributed by atoms with Crippen molar-refractivity contribution in [1.82, 2.24) is 0 Å². The molecule has 0 spiro atoms. The number of anilines is 3. The van der Waals surface area contributed by atoms with Crippen LogP contribution in [0.1, 0.15) is 47.2 Å². The Kier molecular flexibility index (Phi) is 7.90. The molecular weight excluding hydrogens is 775 g/mol.